The number of anilines is 1. The van der Waals surface area contributed by atoms with Crippen molar-refractivity contribution in [3.8, 4) is 0 Å². The van der Waals surface area contributed by atoms with Crippen molar-refractivity contribution in [3.63, 3.8) is 0 Å². The van der Waals surface area contributed by atoms with Crippen molar-refractivity contribution in [2.45, 2.75) is 16.7 Å². The summed E-state index contributed by atoms with van der Waals surface area (Å²) in [5, 5.41) is 11.4. The summed E-state index contributed by atoms with van der Waals surface area (Å²) in [6.07, 6.45) is 0. The van der Waals surface area contributed by atoms with Gasteiger partial charge < -0.3 is 0 Å². The van der Waals surface area contributed by atoms with Crippen LogP contribution in [0, 0.1) is 6.92 Å². The van der Waals surface area contributed by atoms with Gasteiger partial charge in [-0.1, -0.05) is 29.5 Å². The van der Waals surface area contributed by atoms with E-state index >= 15 is 0 Å². The molecule has 6 nitrogen and oxygen atoms in total. The summed E-state index contributed by atoms with van der Waals surface area (Å²) in [4.78, 5) is 12.5. The lowest BCUT2D eigenvalue weighted by Crippen LogP contribution is -2.12. The zero-order chi connectivity index (χ0) is 17.2. The van der Waals surface area contributed by atoms with Gasteiger partial charge in [0.05, 0.1) is 9.79 Å². The third kappa shape index (κ3) is 3.34. The van der Waals surface area contributed by atoms with E-state index in [4.69, 9.17) is 0 Å². The van der Waals surface area contributed by atoms with Crippen LogP contribution in [-0.2, 0) is 9.84 Å². The number of hydrogen-bond donors (Lipinski definition) is 1. The van der Waals surface area contributed by atoms with E-state index in [1.54, 1.807) is 25.1 Å². The molecule has 0 unspecified atom stereocenters. The minimum atomic E-state index is -3.59. The first kappa shape index (κ1) is 16.3. The second-order valence-corrected chi connectivity index (χ2v) is 8.05. The number of sulfone groups is 1. The van der Waals surface area contributed by atoms with Crippen LogP contribution in [-0.4, -0.2) is 24.5 Å². The van der Waals surface area contributed by atoms with Crippen LogP contribution in [0.2, 0.25) is 0 Å². The maximum atomic E-state index is 12.5. The highest BCUT2D eigenvalue weighted by atomic mass is 32.2. The molecule has 0 aliphatic rings. The lowest BCUT2D eigenvalue weighted by molar-refractivity contribution is 0.102. The molecule has 0 aliphatic carbocycles. The first-order valence-electron chi connectivity index (χ1n) is 6.98. The molecule has 3 rings (SSSR count). The Balaban J connectivity index is 1.82. The lowest BCUT2D eigenvalue weighted by Gasteiger charge is -2.06. The predicted molar refractivity (Wildman–Crippen MR) is 90.9 cm³/mol. The lowest BCUT2D eigenvalue weighted by atomic mass is 10.2. The number of nitrogens with one attached hydrogen (secondary N) is 1. The van der Waals surface area contributed by atoms with E-state index < -0.39 is 9.84 Å². The first-order valence-corrected chi connectivity index (χ1v) is 9.28. The van der Waals surface area contributed by atoms with E-state index in [1.807, 2.05) is 0 Å². The number of carbonyl (C=O) groups excluding carboxylic acids is 1. The SMILES string of the molecule is Cc1nnc(NC(=O)c2ccc(S(=O)(=O)c3ccccc3)cc2)s1. The van der Waals surface area contributed by atoms with Crippen LogP contribution < -0.4 is 5.32 Å². The molecule has 1 N–H and O–H groups in total. The number of amides is 1. The van der Waals surface area contributed by atoms with Crippen molar-refractivity contribution in [1.29, 1.82) is 0 Å². The average Bonchev–Trinajstić information content (AvgIpc) is 3.00. The van der Waals surface area contributed by atoms with Crippen molar-refractivity contribution in [3.05, 3.63) is 65.2 Å². The van der Waals surface area contributed by atoms with Gasteiger partial charge in [-0.2, -0.15) is 0 Å². The van der Waals surface area contributed by atoms with Gasteiger partial charge in [-0.3, -0.25) is 10.1 Å². The van der Waals surface area contributed by atoms with Gasteiger partial charge in [0.25, 0.3) is 5.91 Å². The number of rotatable bonds is 4. The molecule has 0 fully saturated rings. The van der Waals surface area contributed by atoms with E-state index in [2.05, 4.69) is 15.5 Å². The molecule has 3 aromatic rings. The summed E-state index contributed by atoms with van der Waals surface area (Å²) >= 11 is 1.27. The van der Waals surface area contributed by atoms with Gasteiger partial charge in [-0.05, 0) is 43.3 Å². The van der Waals surface area contributed by atoms with Crippen molar-refractivity contribution in [2.24, 2.45) is 0 Å². The molecule has 1 aromatic heterocycles. The average molecular weight is 359 g/mol. The van der Waals surface area contributed by atoms with Crippen LogP contribution in [0.4, 0.5) is 5.13 Å². The molecule has 0 radical (unpaired) electrons. The molecule has 0 bridgehead atoms. The standard InChI is InChI=1S/C16H13N3O3S2/c1-11-18-19-16(23-11)17-15(20)12-7-9-14(10-8-12)24(21,22)13-5-3-2-4-6-13/h2-10H,1H3,(H,17,19,20). The Labute approximate surface area is 143 Å². The van der Waals surface area contributed by atoms with Crippen LogP contribution in [0.25, 0.3) is 0 Å². The second kappa shape index (κ2) is 6.50. The summed E-state index contributed by atoms with van der Waals surface area (Å²) < 4.78 is 25.0. The Morgan fingerprint density at radius 3 is 2.17 bits per heavy atom. The van der Waals surface area contributed by atoms with Crippen LogP contribution in [0.3, 0.4) is 0 Å². The minimum absolute atomic E-state index is 0.136. The monoisotopic (exact) mass is 359 g/mol. The maximum Gasteiger partial charge on any atom is 0.257 e. The van der Waals surface area contributed by atoms with Crippen molar-refractivity contribution < 1.29 is 13.2 Å². The Bertz CT molecular complexity index is 965. The third-order valence-electron chi connectivity index (χ3n) is 3.23. The summed E-state index contributed by atoms with van der Waals surface area (Å²) in [5.41, 5.74) is 0.342. The largest absolute Gasteiger partial charge is 0.296 e. The molecule has 0 aliphatic heterocycles. The highest BCUT2D eigenvalue weighted by molar-refractivity contribution is 7.91. The van der Waals surface area contributed by atoms with Gasteiger partial charge in [0.1, 0.15) is 5.01 Å². The van der Waals surface area contributed by atoms with Gasteiger partial charge in [0, 0.05) is 5.56 Å². The Kier molecular flexibility index (Phi) is 4.41. The molecule has 24 heavy (non-hydrogen) atoms. The summed E-state index contributed by atoms with van der Waals surface area (Å²) in [5.74, 6) is -0.366. The molecule has 1 amide bonds. The van der Waals surface area contributed by atoms with Gasteiger partial charge in [0.2, 0.25) is 15.0 Å². The molecule has 0 spiro atoms. The van der Waals surface area contributed by atoms with E-state index in [9.17, 15) is 13.2 Å². The number of carbonyl (C=O) groups is 1. The molecule has 122 valence electrons. The fraction of sp³-hybridized carbons (Fsp3) is 0.0625. The quantitative estimate of drug-likeness (QED) is 0.774. The van der Waals surface area contributed by atoms with Gasteiger partial charge >= 0.3 is 0 Å². The highest BCUT2D eigenvalue weighted by Crippen LogP contribution is 2.21. The van der Waals surface area contributed by atoms with E-state index in [1.165, 1.54) is 47.7 Å². The number of aryl methyl sites for hydroxylation is 1. The number of aromatic nitrogens is 2. The predicted octanol–water partition coefficient (Wildman–Crippen LogP) is 2.93. The van der Waals surface area contributed by atoms with Crippen molar-refractivity contribution >= 4 is 32.2 Å². The van der Waals surface area contributed by atoms with Crippen LogP contribution >= 0.6 is 11.3 Å². The number of nitrogens with zero attached hydrogens (tertiary/aromatic N) is 2. The summed E-state index contributed by atoms with van der Waals surface area (Å²) in [6.45, 7) is 1.79. The fourth-order valence-corrected chi connectivity index (χ4v) is 3.91. The summed E-state index contributed by atoms with van der Waals surface area (Å²) in [7, 11) is -3.59. The van der Waals surface area contributed by atoms with Crippen LogP contribution in [0.1, 0.15) is 15.4 Å². The molecule has 1 heterocycles. The van der Waals surface area contributed by atoms with Gasteiger partial charge in [-0.15, -0.1) is 10.2 Å². The topological polar surface area (TPSA) is 89.0 Å². The van der Waals surface area contributed by atoms with Crippen molar-refractivity contribution in [2.75, 3.05) is 5.32 Å². The third-order valence-corrected chi connectivity index (χ3v) is 5.77. The second-order valence-electron chi connectivity index (χ2n) is 4.92. The van der Waals surface area contributed by atoms with Crippen LogP contribution in [0.15, 0.2) is 64.4 Å². The zero-order valence-corrected chi connectivity index (χ0v) is 14.3. The van der Waals surface area contributed by atoms with E-state index in [0.717, 1.165) is 5.01 Å². The molecule has 2 aromatic carbocycles. The molecule has 0 saturated heterocycles. The molecular weight excluding hydrogens is 346 g/mol. The number of hydrogen-bond acceptors (Lipinski definition) is 6. The smallest absolute Gasteiger partial charge is 0.257 e. The zero-order valence-electron chi connectivity index (χ0n) is 12.6. The molecule has 0 saturated carbocycles. The Morgan fingerprint density at radius 2 is 1.58 bits per heavy atom. The number of benzene rings is 2. The van der Waals surface area contributed by atoms with E-state index in [-0.39, 0.29) is 15.7 Å². The first-order chi connectivity index (χ1) is 11.5. The normalized spacial score (nSPS) is 11.2. The molecule has 0 atom stereocenters. The van der Waals surface area contributed by atoms with Crippen LogP contribution in [0.5, 0.6) is 0 Å². The highest BCUT2D eigenvalue weighted by Gasteiger charge is 2.18. The van der Waals surface area contributed by atoms with Gasteiger partial charge in [-0.25, -0.2) is 8.42 Å². The maximum absolute atomic E-state index is 12.5. The molecule has 8 heteroatoms. The fourth-order valence-electron chi connectivity index (χ4n) is 2.04. The minimum Gasteiger partial charge on any atom is -0.296 e. The summed E-state index contributed by atoms with van der Waals surface area (Å²) in [6, 6.07) is 13.9. The Morgan fingerprint density at radius 1 is 0.958 bits per heavy atom. The van der Waals surface area contributed by atoms with E-state index in [0.29, 0.717) is 10.7 Å². The Hall–Kier alpha value is -2.58. The van der Waals surface area contributed by atoms with Crippen molar-refractivity contribution in [1.82, 2.24) is 10.2 Å². The van der Waals surface area contributed by atoms with Gasteiger partial charge in [0.15, 0.2) is 0 Å². The molecular formula is C16H13N3O3S2.